The SMILES string of the molecule is O[C@@H](CN[C@@H](c1ccccc1)c1ccccn1)c1ccncc1. The van der Waals surface area contributed by atoms with Crippen LogP contribution in [0.4, 0.5) is 0 Å². The van der Waals surface area contributed by atoms with Crippen LogP contribution >= 0.6 is 0 Å². The van der Waals surface area contributed by atoms with E-state index in [0.29, 0.717) is 6.54 Å². The van der Waals surface area contributed by atoms with Crippen molar-refractivity contribution in [1.82, 2.24) is 15.3 Å². The lowest BCUT2D eigenvalue weighted by molar-refractivity contribution is 0.171. The quantitative estimate of drug-likeness (QED) is 0.735. The Hall–Kier alpha value is -2.56. The van der Waals surface area contributed by atoms with Gasteiger partial charge < -0.3 is 10.4 Å². The third-order valence-electron chi connectivity index (χ3n) is 3.72. The molecule has 3 rings (SSSR count). The number of nitrogens with one attached hydrogen (secondary N) is 1. The van der Waals surface area contributed by atoms with Crippen LogP contribution in [0, 0.1) is 0 Å². The molecule has 0 fully saturated rings. The average molecular weight is 305 g/mol. The van der Waals surface area contributed by atoms with Crippen molar-refractivity contribution in [2.75, 3.05) is 6.54 Å². The number of hydrogen-bond acceptors (Lipinski definition) is 4. The van der Waals surface area contributed by atoms with E-state index in [-0.39, 0.29) is 6.04 Å². The third-order valence-corrected chi connectivity index (χ3v) is 3.72. The molecule has 0 bridgehead atoms. The van der Waals surface area contributed by atoms with Gasteiger partial charge in [0.25, 0.3) is 0 Å². The van der Waals surface area contributed by atoms with Crippen molar-refractivity contribution in [2.24, 2.45) is 0 Å². The van der Waals surface area contributed by atoms with Gasteiger partial charge in [-0.3, -0.25) is 9.97 Å². The summed E-state index contributed by atoms with van der Waals surface area (Å²) in [5.41, 5.74) is 2.90. The van der Waals surface area contributed by atoms with E-state index < -0.39 is 6.10 Å². The van der Waals surface area contributed by atoms with E-state index in [1.807, 2.05) is 48.5 Å². The highest BCUT2D eigenvalue weighted by molar-refractivity contribution is 5.27. The molecular weight excluding hydrogens is 286 g/mol. The Bertz CT molecular complexity index is 665. The molecule has 2 atom stereocenters. The van der Waals surface area contributed by atoms with Crippen LogP contribution in [0.1, 0.15) is 29.0 Å². The average Bonchev–Trinajstić information content (AvgIpc) is 2.64. The van der Waals surface area contributed by atoms with E-state index in [1.165, 1.54) is 0 Å². The van der Waals surface area contributed by atoms with Crippen LogP contribution in [0.25, 0.3) is 0 Å². The molecule has 0 spiro atoms. The van der Waals surface area contributed by atoms with E-state index in [0.717, 1.165) is 16.8 Å². The number of pyridine rings is 2. The summed E-state index contributed by atoms with van der Waals surface area (Å²) in [7, 11) is 0. The Labute approximate surface area is 135 Å². The molecule has 0 unspecified atom stereocenters. The smallest absolute Gasteiger partial charge is 0.0915 e. The van der Waals surface area contributed by atoms with E-state index >= 15 is 0 Å². The van der Waals surface area contributed by atoms with Crippen molar-refractivity contribution in [3.63, 3.8) is 0 Å². The van der Waals surface area contributed by atoms with Gasteiger partial charge in [0.1, 0.15) is 0 Å². The summed E-state index contributed by atoms with van der Waals surface area (Å²) in [6.45, 7) is 0.431. The molecule has 0 aliphatic carbocycles. The fourth-order valence-corrected chi connectivity index (χ4v) is 2.52. The number of rotatable bonds is 6. The highest BCUT2D eigenvalue weighted by atomic mass is 16.3. The minimum atomic E-state index is -0.590. The second-order valence-corrected chi connectivity index (χ2v) is 5.30. The van der Waals surface area contributed by atoms with Gasteiger partial charge in [-0.15, -0.1) is 0 Å². The van der Waals surface area contributed by atoms with Crippen molar-refractivity contribution in [2.45, 2.75) is 12.1 Å². The molecule has 4 nitrogen and oxygen atoms in total. The number of aromatic nitrogens is 2. The maximum Gasteiger partial charge on any atom is 0.0915 e. The van der Waals surface area contributed by atoms with Crippen LogP contribution in [0.3, 0.4) is 0 Å². The summed E-state index contributed by atoms with van der Waals surface area (Å²) in [5.74, 6) is 0. The van der Waals surface area contributed by atoms with Gasteiger partial charge in [0.05, 0.1) is 17.8 Å². The zero-order valence-electron chi connectivity index (χ0n) is 12.7. The van der Waals surface area contributed by atoms with Gasteiger partial charge in [-0.2, -0.15) is 0 Å². The van der Waals surface area contributed by atoms with Crippen molar-refractivity contribution >= 4 is 0 Å². The third kappa shape index (κ3) is 4.00. The van der Waals surface area contributed by atoms with Crippen LogP contribution in [-0.2, 0) is 0 Å². The fourth-order valence-electron chi connectivity index (χ4n) is 2.52. The Morgan fingerprint density at radius 2 is 1.57 bits per heavy atom. The number of aliphatic hydroxyl groups is 1. The highest BCUT2D eigenvalue weighted by Gasteiger charge is 2.16. The van der Waals surface area contributed by atoms with Crippen LogP contribution in [0.2, 0.25) is 0 Å². The van der Waals surface area contributed by atoms with Gasteiger partial charge in [-0.25, -0.2) is 0 Å². The molecule has 0 saturated carbocycles. The van der Waals surface area contributed by atoms with Crippen LogP contribution in [0.15, 0.2) is 79.3 Å². The number of nitrogens with zero attached hydrogens (tertiary/aromatic N) is 2. The summed E-state index contributed by atoms with van der Waals surface area (Å²) in [4.78, 5) is 8.43. The summed E-state index contributed by atoms with van der Waals surface area (Å²) in [5, 5.41) is 13.8. The number of hydrogen-bond donors (Lipinski definition) is 2. The highest BCUT2D eigenvalue weighted by Crippen LogP contribution is 2.21. The first-order valence-corrected chi connectivity index (χ1v) is 7.62. The van der Waals surface area contributed by atoms with Gasteiger partial charge in [0.15, 0.2) is 0 Å². The lowest BCUT2D eigenvalue weighted by Crippen LogP contribution is -2.28. The van der Waals surface area contributed by atoms with Crippen LogP contribution < -0.4 is 5.32 Å². The molecular formula is C19H19N3O. The van der Waals surface area contributed by atoms with Gasteiger partial charge >= 0.3 is 0 Å². The summed E-state index contributed by atoms with van der Waals surface area (Å²) < 4.78 is 0. The summed E-state index contributed by atoms with van der Waals surface area (Å²) >= 11 is 0. The van der Waals surface area contributed by atoms with Crippen molar-refractivity contribution in [3.05, 3.63) is 96.1 Å². The second-order valence-electron chi connectivity index (χ2n) is 5.30. The Morgan fingerprint density at radius 1 is 0.826 bits per heavy atom. The second kappa shape index (κ2) is 7.63. The molecule has 3 aromatic rings. The Morgan fingerprint density at radius 3 is 2.26 bits per heavy atom. The summed E-state index contributed by atoms with van der Waals surface area (Å²) in [6.07, 6.45) is 4.57. The molecule has 0 saturated heterocycles. The fraction of sp³-hybridized carbons (Fsp3) is 0.158. The predicted molar refractivity (Wildman–Crippen MR) is 89.7 cm³/mol. The monoisotopic (exact) mass is 305 g/mol. The van der Waals surface area contributed by atoms with E-state index in [4.69, 9.17) is 0 Å². The first-order chi connectivity index (χ1) is 11.3. The first kappa shape index (κ1) is 15.3. The molecule has 0 amide bonds. The topological polar surface area (TPSA) is 58.0 Å². The molecule has 2 N–H and O–H groups in total. The number of aliphatic hydroxyl groups excluding tert-OH is 1. The molecule has 116 valence electrons. The lowest BCUT2D eigenvalue weighted by Gasteiger charge is -2.21. The molecule has 2 aromatic heterocycles. The van der Waals surface area contributed by atoms with E-state index in [1.54, 1.807) is 18.6 Å². The largest absolute Gasteiger partial charge is 0.387 e. The molecule has 23 heavy (non-hydrogen) atoms. The maximum absolute atomic E-state index is 10.4. The predicted octanol–water partition coefficient (Wildman–Crippen LogP) is 2.89. The van der Waals surface area contributed by atoms with Gasteiger partial charge in [-0.1, -0.05) is 36.4 Å². The minimum absolute atomic E-state index is 0.0612. The molecule has 0 aliphatic heterocycles. The van der Waals surface area contributed by atoms with E-state index in [2.05, 4.69) is 27.4 Å². The summed E-state index contributed by atoms with van der Waals surface area (Å²) in [6, 6.07) is 19.6. The van der Waals surface area contributed by atoms with Gasteiger partial charge in [0, 0.05) is 25.1 Å². The Balaban J connectivity index is 1.77. The van der Waals surface area contributed by atoms with Crippen molar-refractivity contribution in [1.29, 1.82) is 0 Å². The molecule has 0 aliphatic rings. The standard InChI is InChI=1S/C19H19N3O/c23-18(15-9-12-20-13-10-15)14-22-19(16-6-2-1-3-7-16)17-8-4-5-11-21-17/h1-13,18-19,22-23H,14H2/t18-,19-/m0/s1. The molecule has 4 heteroatoms. The minimum Gasteiger partial charge on any atom is -0.387 e. The Kier molecular flexibility index (Phi) is 5.09. The number of benzene rings is 1. The molecule has 2 heterocycles. The van der Waals surface area contributed by atoms with Crippen LogP contribution in [-0.4, -0.2) is 21.6 Å². The maximum atomic E-state index is 10.4. The first-order valence-electron chi connectivity index (χ1n) is 7.62. The van der Waals surface area contributed by atoms with Gasteiger partial charge in [-0.05, 0) is 35.4 Å². The van der Waals surface area contributed by atoms with Gasteiger partial charge in [0.2, 0.25) is 0 Å². The van der Waals surface area contributed by atoms with Crippen LogP contribution in [0.5, 0.6) is 0 Å². The van der Waals surface area contributed by atoms with E-state index in [9.17, 15) is 5.11 Å². The van der Waals surface area contributed by atoms with Crippen molar-refractivity contribution in [3.8, 4) is 0 Å². The normalized spacial score (nSPS) is 13.4. The van der Waals surface area contributed by atoms with Crippen molar-refractivity contribution < 1.29 is 5.11 Å². The molecule has 0 radical (unpaired) electrons. The molecule has 1 aromatic carbocycles. The zero-order valence-corrected chi connectivity index (χ0v) is 12.7. The lowest BCUT2D eigenvalue weighted by atomic mass is 10.0. The zero-order chi connectivity index (χ0) is 15.9.